The molecule has 0 unspecified atom stereocenters. The zero-order valence-electron chi connectivity index (χ0n) is 14.6. The van der Waals surface area contributed by atoms with E-state index >= 15 is 0 Å². The van der Waals surface area contributed by atoms with Crippen LogP contribution in [0.5, 0.6) is 0 Å². The topological polar surface area (TPSA) is 22.0 Å². The molecule has 1 aliphatic carbocycles. The predicted octanol–water partition coefficient (Wildman–Crippen LogP) is 5.65. The highest BCUT2D eigenvalue weighted by Crippen LogP contribution is 2.32. The maximum absolute atomic E-state index is 13.0. The van der Waals surface area contributed by atoms with E-state index in [0.717, 1.165) is 24.1 Å². The summed E-state index contributed by atoms with van der Waals surface area (Å²) in [5, 5.41) is 1.27. The van der Waals surface area contributed by atoms with Crippen molar-refractivity contribution in [3.8, 4) is 0 Å². The molecule has 0 radical (unpaired) electrons. The van der Waals surface area contributed by atoms with E-state index in [2.05, 4.69) is 49.4 Å². The van der Waals surface area contributed by atoms with Gasteiger partial charge in [0.05, 0.1) is 5.52 Å². The van der Waals surface area contributed by atoms with Gasteiger partial charge in [0.2, 0.25) is 5.91 Å². The Labute approximate surface area is 153 Å². The molecule has 4 rings (SSSR count). The third-order valence-corrected chi connectivity index (χ3v) is 6.05. The summed E-state index contributed by atoms with van der Waals surface area (Å²) in [6, 6.07) is 16.9. The average molecular weight is 349 g/mol. The molecule has 1 aromatic heterocycles. The first-order chi connectivity index (χ1) is 12.2. The molecule has 0 aliphatic heterocycles. The Morgan fingerprint density at radius 1 is 1.04 bits per heavy atom. The Bertz CT molecular complexity index is 908. The van der Waals surface area contributed by atoms with Crippen LogP contribution in [-0.2, 0) is 12.8 Å². The Kier molecular flexibility index (Phi) is 4.67. The van der Waals surface area contributed by atoms with Gasteiger partial charge in [-0.15, -0.1) is 11.8 Å². The van der Waals surface area contributed by atoms with Crippen LogP contribution >= 0.6 is 11.8 Å². The number of benzene rings is 2. The maximum Gasteiger partial charge on any atom is 0.232 e. The SMILES string of the molecule is Cc1ccc(SCCC(=O)n2c3c(c4ccccc42)CCCC3)cc1. The quantitative estimate of drug-likeness (QED) is 0.568. The number of carbonyl (C=O) groups is 1. The molecule has 1 heterocycles. The second-order valence-electron chi connectivity index (χ2n) is 6.79. The molecule has 2 aromatic carbocycles. The van der Waals surface area contributed by atoms with E-state index in [-0.39, 0.29) is 5.91 Å². The summed E-state index contributed by atoms with van der Waals surface area (Å²) in [5.74, 6) is 1.06. The number of thioether (sulfide) groups is 1. The lowest BCUT2D eigenvalue weighted by atomic mass is 9.95. The Morgan fingerprint density at radius 3 is 2.64 bits per heavy atom. The minimum Gasteiger partial charge on any atom is -0.284 e. The van der Waals surface area contributed by atoms with E-state index in [9.17, 15) is 4.79 Å². The Balaban J connectivity index is 1.55. The number of para-hydroxylation sites is 1. The average Bonchev–Trinajstić information content (AvgIpc) is 2.98. The first-order valence-corrected chi connectivity index (χ1v) is 10.1. The number of hydrogen-bond acceptors (Lipinski definition) is 2. The van der Waals surface area contributed by atoms with Crippen molar-refractivity contribution in [1.82, 2.24) is 4.57 Å². The number of rotatable bonds is 4. The van der Waals surface area contributed by atoms with Gasteiger partial charge in [-0.25, -0.2) is 0 Å². The molecular formula is C22H23NOS. The van der Waals surface area contributed by atoms with Crippen molar-refractivity contribution < 1.29 is 4.79 Å². The van der Waals surface area contributed by atoms with Gasteiger partial charge in [-0.05, 0) is 56.4 Å². The summed E-state index contributed by atoms with van der Waals surface area (Å²) < 4.78 is 2.01. The highest BCUT2D eigenvalue weighted by molar-refractivity contribution is 7.99. The van der Waals surface area contributed by atoms with Gasteiger partial charge in [-0.3, -0.25) is 9.36 Å². The van der Waals surface area contributed by atoms with Crippen LogP contribution in [0.15, 0.2) is 53.4 Å². The molecule has 0 saturated carbocycles. The van der Waals surface area contributed by atoms with E-state index in [1.165, 1.54) is 39.9 Å². The van der Waals surface area contributed by atoms with Crippen molar-refractivity contribution in [2.24, 2.45) is 0 Å². The fourth-order valence-corrected chi connectivity index (χ4v) is 4.62. The van der Waals surface area contributed by atoms with Crippen LogP contribution in [-0.4, -0.2) is 16.2 Å². The summed E-state index contributed by atoms with van der Waals surface area (Å²) in [6.45, 7) is 2.10. The van der Waals surface area contributed by atoms with Gasteiger partial charge in [-0.1, -0.05) is 35.9 Å². The Hall–Kier alpha value is -2.00. The normalized spacial score (nSPS) is 13.8. The maximum atomic E-state index is 13.0. The molecule has 3 aromatic rings. The van der Waals surface area contributed by atoms with E-state index in [1.54, 1.807) is 11.8 Å². The smallest absolute Gasteiger partial charge is 0.232 e. The summed E-state index contributed by atoms with van der Waals surface area (Å²) in [6.07, 6.45) is 5.13. The van der Waals surface area contributed by atoms with Crippen molar-refractivity contribution in [3.05, 3.63) is 65.4 Å². The lowest BCUT2D eigenvalue weighted by molar-refractivity contribution is 0.0912. The van der Waals surface area contributed by atoms with Gasteiger partial charge >= 0.3 is 0 Å². The molecule has 0 saturated heterocycles. The van der Waals surface area contributed by atoms with Gasteiger partial charge in [0.1, 0.15) is 0 Å². The van der Waals surface area contributed by atoms with Gasteiger partial charge in [-0.2, -0.15) is 0 Å². The molecule has 0 N–H and O–H groups in total. The van der Waals surface area contributed by atoms with Crippen LogP contribution in [0.1, 0.15) is 40.9 Å². The van der Waals surface area contributed by atoms with E-state index in [4.69, 9.17) is 0 Å². The van der Waals surface area contributed by atoms with Crippen molar-refractivity contribution in [2.75, 3.05) is 5.75 Å². The summed E-state index contributed by atoms with van der Waals surface area (Å²) >= 11 is 1.76. The van der Waals surface area contributed by atoms with Crippen LogP contribution in [0, 0.1) is 6.92 Å². The van der Waals surface area contributed by atoms with Crippen LogP contribution in [0.2, 0.25) is 0 Å². The van der Waals surface area contributed by atoms with Crippen molar-refractivity contribution in [3.63, 3.8) is 0 Å². The van der Waals surface area contributed by atoms with E-state index < -0.39 is 0 Å². The third kappa shape index (κ3) is 3.25. The monoisotopic (exact) mass is 349 g/mol. The number of fused-ring (bicyclic) bond motifs is 3. The van der Waals surface area contributed by atoms with Gasteiger partial charge < -0.3 is 0 Å². The van der Waals surface area contributed by atoms with E-state index in [1.807, 2.05) is 10.6 Å². The predicted molar refractivity (Wildman–Crippen MR) is 106 cm³/mol. The molecule has 0 fully saturated rings. The number of aromatic nitrogens is 1. The molecule has 0 atom stereocenters. The molecule has 128 valence electrons. The molecule has 1 aliphatic rings. The number of nitrogens with zero attached hydrogens (tertiary/aromatic N) is 1. The lowest BCUT2D eigenvalue weighted by Crippen LogP contribution is -2.16. The summed E-state index contributed by atoms with van der Waals surface area (Å²) in [5.41, 5.74) is 5.03. The molecular weight excluding hydrogens is 326 g/mol. The largest absolute Gasteiger partial charge is 0.284 e. The summed E-state index contributed by atoms with van der Waals surface area (Å²) in [7, 11) is 0. The van der Waals surface area contributed by atoms with Gasteiger partial charge in [0, 0.05) is 28.1 Å². The number of hydrogen-bond donors (Lipinski definition) is 0. The Morgan fingerprint density at radius 2 is 1.80 bits per heavy atom. The summed E-state index contributed by atoms with van der Waals surface area (Å²) in [4.78, 5) is 14.2. The second-order valence-corrected chi connectivity index (χ2v) is 7.96. The second kappa shape index (κ2) is 7.09. The molecule has 0 bridgehead atoms. The molecule has 0 spiro atoms. The zero-order chi connectivity index (χ0) is 17.2. The van der Waals surface area contributed by atoms with Gasteiger partial charge in [0.15, 0.2) is 0 Å². The standard InChI is InChI=1S/C22H23NOS/c1-16-10-12-17(13-11-16)25-15-14-22(24)23-20-8-4-2-6-18(20)19-7-3-5-9-21(19)23/h2,4,6,8,10-13H,3,5,7,9,14-15H2,1H3. The minimum atomic E-state index is 0.235. The van der Waals surface area contributed by atoms with Crippen LogP contribution in [0.3, 0.4) is 0 Å². The van der Waals surface area contributed by atoms with Crippen molar-refractivity contribution in [1.29, 1.82) is 0 Å². The molecule has 2 nitrogen and oxygen atoms in total. The first-order valence-electron chi connectivity index (χ1n) is 9.08. The molecule has 0 amide bonds. The van der Waals surface area contributed by atoms with E-state index in [0.29, 0.717) is 6.42 Å². The highest BCUT2D eigenvalue weighted by Gasteiger charge is 2.22. The lowest BCUT2D eigenvalue weighted by Gasteiger charge is -2.15. The molecule has 3 heteroatoms. The number of aryl methyl sites for hydroxylation is 2. The first kappa shape index (κ1) is 16.5. The minimum absolute atomic E-state index is 0.235. The van der Waals surface area contributed by atoms with Crippen molar-refractivity contribution >= 4 is 28.6 Å². The fourth-order valence-electron chi connectivity index (χ4n) is 3.78. The van der Waals surface area contributed by atoms with Crippen LogP contribution in [0.25, 0.3) is 10.9 Å². The third-order valence-electron chi connectivity index (χ3n) is 5.03. The zero-order valence-corrected chi connectivity index (χ0v) is 15.4. The number of carbonyl (C=O) groups excluding carboxylic acids is 1. The van der Waals surface area contributed by atoms with Gasteiger partial charge in [0.25, 0.3) is 0 Å². The van der Waals surface area contributed by atoms with Crippen LogP contribution < -0.4 is 0 Å². The van der Waals surface area contributed by atoms with Crippen molar-refractivity contribution in [2.45, 2.75) is 43.9 Å². The highest BCUT2D eigenvalue weighted by atomic mass is 32.2. The van der Waals surface area contributed by atoms with Crippen LogP contribution in [0.4, 0.5) is 0 Å². The molecule has 25 heavy (non-hydrogen) atoms. The fraction of sp³-hybridized carbons (Fsp3) is 0.318.